The van der Waals surface area contributed by atoms with E-state index in [1.807, 2.05) is 45.9 Å². The molecule has 4 heterocycles. The van der Waals surface area contributed by atoms with Crippen LogP contribution < -0.4 is 0 Å². The molecule has 0 N–H and O–H groups in total. The van der Waals surface area contributed by atoms with E-state index in [9.17, 15) is 4.79 Å². The summed E-state index contributed by atoms with van der Waals surface area (Å²) >= 11 is 1.62. The number of amides is 1. The van der Waals surface area contributed by atoms with Crippen LogP contribution in [0.2, 0.25) is 0 Å². The highest BCUT2D eigenvalue weighted by molar-refractivity contribution is 7.15. The van der Waals surface area contributed by atoms with Gasteiger partial charge in [0, 0.05) is 17.5 Å². The zero-order valence-electron chi connectivity index (χ0n) is 16.4. The van der Waals surface area contributed by atoms with Crippen molar-refractivity contribution in [3.05, 3.63) is 51.4 Å². The Morgan fingerprint density at radius 1 is 1.11 bits per heavy atom. The number of aryl methyl sites for hydroxylation is 4. The van der Waals surface area contributed by atoms with Crippen molar-refractivity contribution in [2.45, 2.75) is 34.2 Å². The van der Waals surface area contributed by atoms with Crippen LogP contribution in [-0.2, 0) is 6.54 Å². The minimum atomic E-state index is -0.131. The van der Waals surface area contributed by atoms with Crippen LogP contribution in [-0.4, -0.2) is 33.2 Å². The van der Waals surface area contributed by atoms with Crippen LogP contribution >= 0.6 is 11.3 Å². The summed E-state index contributed by atoms with van der Waals surface area (Å²) in [5, 5.41) is 8.62. The van der Waals surface area contributed by atoms with Gasteiger partial charge in [0.25, 0.3) is 11.6 Å². The summed E-state index contributed by atoms with van der Waals surface area (Å²) in [7, 11) is 1.76. The van der Waals surface area contributed by atoms with E-state index >= 15 is 0 Å². The Morgan fingerprint density at radius 3 is 2.50 bits per heavy atom. The second-order valence-electron chi connectivity index (χ2n) is 6.88. The maximum absolute atomic E-state index is 13.3. The standard InChI is InChI=1S/C20H20N4O3S/c1-10-6-7-17(28-10)16-8-14(18-12(3)23-27-19(18)21-16)20(25)24(5)9-15-11(2)22-26-13(15)4/h6-8H,9H2,1-5H3. The van der Waals surface area contributed by atoms with Crippen LogP contribution in [0.25, 0.3) is 21.7 Å². The fraction of sp³-hybridized carbons (Fsp3) is 0.300. The SMILES string of the molecule is Cc1ccc(-c2cc(C(=O)N(C)Cc3c(C)noc3C)c3c(C)noc3n2)s1. The number of hydrogen-bond acceptors (Lipinski definition) is 7. The highest BCUT2D eigenvalue weighted by atomic mass is 32.1. The summed E-state index contributed by atoms with van der Waals surface area (Å²) in [5.41, 5.74) is 3.95. The average Bonchev–Trinajstić information content (AvgIpc) is 3.36. The molecule has 0 saturated carbocycles. The van der Waals surface area contributed by atoms with Gasteiger partial charge >= 0.3 is 0 Å². The molecule has 4 aromatic heterocycles. The highest BCUT2D eigenvalue weighted by Crippen LogP contribution is 2.31. The highest BCUT2D eigenvalue weighted by Gasteiger charge is 2.23. The largest absolute Gasteiger partial charge is 0.361 e. The lowest BCUT2D eigenvalue weighted by molar-refractivity contribution is 0.0786. The molecule has 144 valence electrons. The Balaban J connectivity index is 1.77. The topological polar surface area (TPSA) is 85.3 Å². The number of aromatic nitrogens is 3. The van der Waals surface area contributed by atoms with Gasteiger partial charge in [0.15, 0.2) is 0 Å². The summed E-state index contributed by atoms with van der Waals surface area (Å²) < 4.78 is 10.6. The molecule has 0 aliphatic rings. The zero-order valence-corrected chi connectivity index (χ0v) is 17.2. The maximum atomic E-state index is 13.3. The molecule has 0 fully saturated rings. The maximum Gasteiger partial charge on any atom is 0.259 e. The van der Waals surface area contributed by atoms with Gasteiger partial charge in [0.05, 0.1) is 39.5 Å². The van der Waals surface area contributed by atoms with Crippen molar-refractivity contribution < 1.29 is 13.8 Å². The fourth-order valence-corrected chi connectivity index (χ4v) is 4.03. The first-order valence-electron chi connectivity index (χ1n) is 8.86. The summed E-state index contributed by atoms with van der Waals surface area (Å²) in [5.74, 6) is 0.584. The molecule has 4 aromatic rings. The Hall–Kier alpha value is -3.00. The molecule has 0 atom stereocenters. The molecule has 0 spiro atoms. The van der Waals surface area contributed by atoms with E-state index in [-0.39, 0.29) is 5.91 Å². The predicted octanol–water partition coefficient (Wildman–Crippen LogP) is 4.45. The van der Waals surface area contributed by atoms with E-state index in [0.717, 1.165) is 16.1 Å². The first kappa shape index (κ1) is 18.4. The summed E-state index contributed by atoms with van der Waals surface area (Å²) in [4.78, 5) is 21.7. The molecule has 1 amide bonds. The Kier molecular flexibility index (Phi) is 4.50. The predicted molar refractivity (Wildman–Crippen MR) is 106 cm³/mol. The van der Waals surface area contributed by atoms with Crippen molar-refractivity contribution in [2.24, 2.45) is 0 Å². The second kappa shape index (κ2) is 6.87. The van der Waals surface area contributed by atoms with Crippen molar-refractivity contribution in [1.29, 1.82) is 0 Å². The monoisotopic (exact) mass is 396 g/mol. The van der Waals surface area contributed by atoms with E-state index in [1.54, 1.807) is 23.3 Å². The minimum Gasteiger partial charge on any atom is -0.361 e. The first-order chi connectivity index (χ1) is 13.3. The van der Waals surface area contributed by atoms with Gasteiger partial charge in [0.1, 0.15) is 5.76 Å². The lowest BCUT2D eigenvalue weighted by atomic mass is 10.1. The van der Waals surface area contributed by atoms with E-state index < -0.39 is 0 Å². The number of hydrogen-bond donors (Lipinski definition) is 0. The van der Waals surface area contributed by atoms with Gasteiger partial charge in [0.2, 0.25) is 0 Å². The quantitative estimate of drug-likeness (QED) is 0.507. The van der Waals surface area contributed by atoms with Gasteiger partial charge in [-0.25, -0.2) is 4.98 Å². The van der Waals surface area contributed by atoms with Gasteiger partial charge in [-0.2, -0.15) is 0 Å². The number of nitrogens with zero attached hydrogens (tertiary/aromatic N) is 4. The molecule has 0 unspecified atom stereocenters. The van der Waals surface area contributed by atoms with Crippen molar-refractivity contribution in [3.8, 4) is 10.6 Å². The second-order valence-corrected chi connectivity index (χ2v) is 8.17. The normalized spacial score (nSPS) is 11.3. The van der Waals surface area contributed by atoms with Gasteiger partial charge in [-0.3, -0.25) is 4.79 Å². The summed E-state index contributed by atoms with van der Waals surface area (Å²) in [6.07, 6.45) is 0. The van der Waals surface area contributed by atoms with Crippen molar-refractivity contribution in [1.82, 2.24) is 20.2 Å². The molecule has 0 saturated heterocycles. The molecule has 0 radical (unpaired) electrons. The Morgan fingerprint density at radius 2 is 1.86 bits per heavy atom. The Bertz CT molecular complexity index is 1170. The van der Waals surface area contributed by atoms with Gasteiger partial charge in [-0.1, -0.05) is 10.3 Å². The lowest BCUT2D eigenvalue weighted by Gasteiger charge is -2.18. The van der Waals surface area contributed by atoms with E-state index in [4.69, 9.17) is 9.05 Å². The number of pyridine rings is 1. The van der Waals surface area contributed by atoms with Crippen LogP contribution in [0.3, 0.4) is 0 Å². The summed E-state index contributed by atoms with van der Waals surface area (Å²) in [6.45, 7) is 7.97. The smallest absolute Gasteiger partial charge is 0.259 e. The molecule has 0 bridgehead atoms. The van der Waals surface area contributed by atoms with Gasteiger partial charge in [-0.05, 0) is 45.9 Å². The van der Waals surface area contributed by atoms with E-state index in [0.29, 0.717) is 40.4 Å². The van der Waals surface area contributed by atoms with Crippen LogP contribution in [0.1, 0.15) is 37.9 Å². The van der Waals surface area contributed by atoms with E-state index in [1.165, 1.54) is 4.88 Å². The number of carbonyl (C=O) groups is 1. The first-order valence-corrected chi connectivity index (χ1v) is 9.68. The third-order valence-electron chi connectivity index (χ3n) is 4.76. The van der Waals surface area contributed by atoms with Gasteiger partial charge < -0.3 is 13.9 Å². The number of fused-ring (bicyclic) bond motifs is 1. The van der Waals surface area contributed by atoms with Gasteiger partial charge in [-0.15, -0.1) is 11.3 Å². The van der Waals surface area contributed by atoms with Crippen molar-refractivity contribution >= 4 is 28.3 Å². The molecule has 7 nitrogen and oxygen atoms in total. The lowest BCUT2D eigenvalue weighted by Crippen LogP contribution is -2.27. The number of rotatable bonds is 4. The van der Waals surface area contributed by atoms with Crippen molar-refractivity contribution in [3.63, 3.8) is 0 Å². The molecule has 8 heteroatoms. The molecule has 4 rings (SSSR count). The fourth-order valence-electron chi connectivity index (χ4n) is 3.20. The minimum absolute atomic E-state index is 0.131. The van der Waals surface area contributed by atoms with E-state index in [2.05, 4.69) is 15.3 Å². The zero-order chi connectivity index (χ0) is 20.0. The molecular weight excluding hydrogens is 376 g/mol. The number of carbonyl (C=O) groups excluding carboxylic acids is 1. The third kappa shape index (κ3) is 3.09. The van der Waals surface area contributed by atoms with Crippen LogP contribution in [0.15, 0.2) is 27.2 Å². The van der Waals surface area contributed by atoms with Crippen LogP contribution in [0, 0.1) is 27.7 Å². The van der Waals surface area contributed by atoms with Crippen molar-refractivity contribution in [2.75, 3.05) is 7.05 Å². The average molecular weight is 396 g/mol. The summed E-state index contributed by atoms with van der Waals surface area (Å²) in [6, 6.07) is 5.85. The van der Waals surface area contributed by atoms with Crippen LogP contribution in [0.4, 0.5) is 0 Å². The molecule has 0 aromatic carbocycles. The molecule has 0 aliphatic heterocycles. The Labute approximate surface area is 165 Å². The molecular formula is C20H20N4O3S. The molecule has 0 aliphatic carbocycles. The third-order valence-corrected chi connectivity index (χ3v) is 5.79. The van der Waals surface area contributed by atoms with Crippen LogP contribution in [0.5, 0.6) is 0 Å². The molecule has 28 heavy (non-hydrogen) atoms. The number of thiophene rings is 1.